The Morgan fingerprint density at radius 2 is 1.95 bits per heavy atom. The molecule has 1 saturated carbocycles. The third-order valence-corrected chi connectivity index (χ3v) is 3.78. The van der Waals surface area contributed by atoms with Gasteiger partial charge in [-0.15, -0.1) is 0 Å². The maximum absolute atomic E-state index is 13.0. The minimum absolute atomic E-state index is 0.174. The molecule has 3 heteroatoms. The number of furan rings is 1. The molecule has 1 N–H and O–H groups in total. The van der Waals surface area contributed by atoms with Crippen molar-refractivity contribution in [3.05, 3.63) is 59.8 Å². The molecule has 1 unspecified atom stereocenters. The molecule has 0 spiro atoms. The summed E-state index contributed by atoms with van der Waals surface area (Å²) in [5.74, 6) is 1.33. The minimum atomic E-state index is -0.174. The highest BCUT2D eigenvalue weighted by Gasteiger charge is 2.22. The molecule has 1 heterocycles. The van der Waals surface area contributed by atoms with E-state index in [0.29, 0.717) is 12.0 Å². The maximum Gasteiger partial charge on any atom is 0.123 e. The van der Waals surface area contributed by atoms with E-state index in [1.54, 1.807) is 6.26 Å². The van der Waals surface area contributed by atoms with Crippen LogP contribution in [0.3, 0.4) is 0 Å². The lowest BCUT2D eigenvalue weighted by Crippen LogP contribution is -2.27. The molecule has 2 nitrogen and oxygen atoms in total. The van der Waals surface area contributed by atoms with Crippen molar-refractivity contribution in [3.8, 4) is 0 Å². The largest absolute Gasteiger partial charge is 0.469 e. The van der Waals surface area contributed by atoms with Crippen LogP contribution in [0.4, 0.5) is 4.39 Å². The average Bonchev–Trinajstić information content (AvgIpc) is 3.15. The van der Waals surface area contributed by atoms with Gasteiger partial charge in [0.1, 0.15) is 11.6 Å². The maximum atomic E-state index is 13.0. The highest BCUT2D eigenvalue weighted by Crippen LogP contribution is 2.21. The molecule has 2 aromatic rings. The summed E-state index contributed by atoms with van der Waals surface area (Å²) >= 11 is 0. The van der Waals surface area contributed by atoms with E-state index in [-0.39, 0.29) is 5.82 Å². The van der Waals surface area contributed by atoms with Gasteiger partial charge in [-0.2, -0.15) is 0 Å². The first-order chi connectivity index (χ1) is 9.79. The Labute approximate surface area is 119 Å². The van der Waals surface area contributed by atoms with Crippen LogP contribution in [-0.2, 0) is 12.8 Å². The van der Waals surface area contributed by atoms with Crippen molar-refractivity contribution in [2.45, 2.75) is 31.7 Å². The van der Waals surface area contributed by atoms with Gasteiger partial charge < -0.3 is 9.73 Å². The number of hydrogen-bond acceptors (Lipinski definition) is 2. The van der Waals surface area contributed by atoms with Crippen molar-refractivity contribution in [1.82, 2.24) is 5.32 Å². The van der Waals surface area contributed by atoms with Crippen molar-refractivity contribution in [1.29, 1.82) is 0 Å². The highest BCUT2D eigenvalue weighted by molar-refractivity contribution is 5.17. The van der Waals surface area contributed by atoms with Gasteiger partial charge in [-0.05, 0) is 61.6 Å². The summed E-state index contributed by atoms with van der Waals surface area (Å²) in [4.78, 5) is 0. The first kappa shape index (κ1) is 13.4. The van der Waals surface area contributed by atoms with Crippen LogP contribution in [0.2, 0.25) is 0 Å². The van der Waals surface area contributed by atoms with Gasteiger partial charge in [0.2, 0.25) is 0 Å². The molecule has 20 heavy (non-hydrogen) atoms. The normalized spacial score (nSPS) is 16.2. The quantitative estimate of drug-likeness (QED) is 0.834. The number of benzene rings is 1. The van der Waals surface area contributed by atoms with Gasteiger partial charge in [0.15, 0.2) is 0 Å². The Morgan fingerprint density at radius 1 is 1.15 bits per heavy atom. The van der Waals surface area contributed by atoms with Crippen LogP contribution in [0, 0.1) is 11.7 Å². The summed E-state index contributed by atoms with van der Waals surface area (Å²) in [6.45, 7) is 0.989. The number of nitrogens with one attached hydrogen (secondary N) is 1. The summed E-state index contributed by atoms with van der Waals surface area (Å²) in [5, 5.41) is 3.59. The van der Waals surface area contributed by atoms with E-state index in [0.717, 1.165) is 25.1 Å². The monoisotopic (exact) mass is 273 g/mol. The molecule has 3 rings (SSSR count). The highest BCUT2D eigenvalue weighted by atomic mass is 19.1. The van der Waals surface area contributed by atoms with Crippen LogP contribution >= 0.6 is 0 Å². The van der Waals surface area contributed by atoms with Gasteiger partial charge in [-0.1, -0.05) is 12.1 Å². The van der Waals surface area contributed by atoms with E-state index in [2.05, 4.69) is 5.32 Å². The molecule has 0 bridgehead atoms. The molecular weight excluding hydrogens is 253 g/mol. The van der Waals surface area contributed by atoms with Crippen LogP contribution in [0.25, 0.3) is 0 Å². The second-order valence-electron chi connectivity index (χ2n) is 5.66. The van der Waals surface area contributed by atoms with E-state index in [1.165, 1.54) is 30.5 Å². The molecule has 106 valence electrons. The van der Waals surface area contributed by atoms with Gasteiger partial charge >= 0.3 is 0 Å². The predicted molar refractivity (Wildman–Crippen MR) is 77.0 cm³/mol. The fourth-order valence-electron chi connectivity index (χ4n) is 2.50. The lowest BCUT2D eigenvalue weighted by molar-refractivity contribution is 0.414. The fraction of sp³-hybridized carbons (Fsp3) is 0.412. The Kier molecular flexibility index (Phi) is 4.16. The Hall–Kier alpha value is -1.61. The zero-order valence-corrected chi connectivity index (χ0v) is 11.5. The van der Waals surface area contributed by atoms with Crippen molar-refractivity contribution < 1.29 is 8.81 Å². The van der Waals surface area contributed by atoms with E-state index in [1.807, 2.05) is 24.3 Å². The first-order valence-electron chi connectivity index (χ1n) is 7.30. The van der Waals surface area contributed by atoms with E-state index in [4.69, 9.17) is 4.42 Å². The van der Waals surface area contributed by atoms with E-state index < -0.39 is 0 Å². The van der Waals surface area contributed by atoms with Gasteiger partial charge in [-0.25, -0.2) is 4.39 Å². The van der Waals surface area contributed by atoms with Crippen molar-refractivity contribution in [2.75, 3.05) is 6.54 Å². The topological polar surface area (TPSA) is 25.2 Å². The Balaban J connectivity index is 1.61. The second kappa shape index (κ2) is 6.23. The first-order valence-corrected chi connectivity index (χ1v) is 7.30. The fourth-order valence-corrected chi connectivity index (χ4v) is 2.50. The van der Waals surface area contributed by atoms with Gasteiger partial charge in [0.05, 0.1) is 6.26 Å². The third kappa shape index (κ3) is 3.94. The van der Waals surface area contributed by atoms with Crippen LogP contribution in [0.5, 0.6) is 0 Å². The molecular formula is C17H20FNO. The molecule has 0 aliphatic heterocycles. The number of hydrogen-bond donors (Lipinski definition) is 1. The van der Waals surface area contributed by atoms with Crippen molar-refractivity contribution in [2.24, 2.45) is 5.92 Å². The summed E-state index contributed by atoms with van der Waals surface area (Å²) in [7, 11) is 0. The number of rotatable bonds is 7. The van der Waals surface area contributed by atoms with Crippen molar-refractivity contribution in [3.63, 3.8) is 0 Å². The summed E-state index contributed by atoms with van der Waals surface area (Å²) < 4.78 is 18.4. The van der Waals surface area contributed by atoms with E-state index in [9.17, 15) is 4.39 Å². The molecule has 1 atom stereocenters. The van der Waals surface area contributed by atoms with Crippen LogP contribution in [-0.4, -0.2) is 12.6 Å². The lowest BCUT2D eigenvalue weighted by atomic mass is 9.95. The van der Waals surface area contributed by atoms with Crippen LogP contribution in [0.15, 0.2) is 47.1 Å². The molecule has 0 amide bonds. The second-order valence-corrected chi connectivity index (χ2v) is 5.66. The van der Waals surface area contributed by atoms with Crippen LogP contribution < -0.4 is 5.32 Å². The standard InChI is InChI=1S/C17H20FNO/c18-15-5-3-13(4-6-15)10-14(12-19-16-7-8-16)11-17-2-1-9-20-17/h1-6,9,14,16,19H,7-8,10-12H2. The smallest absolute Gasteiger partial charge is 0.123 e. The minimum Gasteiger partial charge on any atom is -0.469 e. The van der Waals surface area contributed by atoms with Gasteiger partial charge in [0.25, 0.3) is 0 Å². The molecule has 0 radical (unpaired) electrons. The SMILES string of the molecule is Fc1ccc(CC(CNC2CC2)Cc2ccco2)cc1. The third-order valence-electron chi connectivity index (χ3n) is 3.78. The zero-order valence-electron chi connectivity index (χ0n) is 11.5. The van der Waals surface area contributed by atoms with Gasteiger partial charge in [-0.3, -0.25) is 0 Å². The molecule has 1 aliphatic carbocycles. The van der Waals surface area contributed by atoms with Crippen LogP contribution in [0.1, 0.15) is 24.2 Å². The summed E-state index contributed by atoms with van der Waals surface area (Å²) in [6, 6.07) is 11.5. The number of halogens is 1. The average molecular weight is 273 g/mol. The molecule has 1 aromatic carbocycles. The van der Waals surface area contributed by atoms with Crippen molar-refractivity contribution >= 4 is 0 Å². The molecule has 1 aliphatic rings. The Morgan fingerprint density at radius 3 is 2.60 bits per heavy atom. The predicted octanol–water partition coefficient (Wildman–Crippen LogP) is 3.57. The Bertz CT molecular complexity index is 516. The lowest BCUT2D eigenvalue weighted by Gasteiger charge is -2.16. The molecule has 0 saturated heterocycles. The molecule has 1 aromatic heterocycles. The van der Waals surface area contributed by atoms with Gasteiger partial charge in [0, 0.05) is 12.5 Å². The molecule has 1 fully saturated rings. The summed E-state index contributed by atoms with van der Waals surface area (Å²) in [6.07, 6.45) is 6.18. The summed E-state index contributed by atoms with van der Waals surface area (Å²) in [5.41, 5.74) is 1.18. The zero-order chi connectivity index (χ0) is 13.8. The van der Waals surface area contributed by atoms with E-state index >= 15 is 0 Å².